The predicted molar refractivity (Wildman–Crippen MR) is 105 cm³/mol. The van der Waals surface area contributed by atoms with Crippen LogP contribution in [-0.4, -0.2) is 10.9 Å². The first-order valence-corrected chi connectivity index (χ1v) is 8.76. The second-order valence-corrected chi connectivity index (χ2v) is 6.51. The highest BCUT2D eigenvalue weighted by molar-refractivity contribution is 6.30. The smallest absolute Gasteiger partial charge is 0.251 e. The molecule has 2 N–H and O–H groups in total. The topological polar surface area (TPSA) is 54.0 Å². The van der Waals surface area contributed by atoms with E-state index < -0.39 is 0 Å². The summed E-state index contributed by atoms with van der Waals surface area (Å²) >= 11 is 5.89. The van der Waals surface area contributed by atoms with Gasteiger partial charge in [-0.05, 0) is 42.3 Å². The van der Waals surface area contributed by atoms with Crippen molar-refractivity contribution in [1.82, 2.24) is 10.3 Å². The summed E-state index contributed by atoms with van der Waals surface area (Å²) in [4.78, 5) is 16.6. The lowest BCUT2D eigenvalue weighted by Crippen LogP contribution is -2.23. The molecule has 0 spiro atoms. The molecule has 0 unspecified atom stereocenters. The summed E-state index contributed by atoms with van der Waals surface area (Å²) in [7, 11) is 0. The van der Waals surface area contributed by atoms with Crippen molar-refractivity contribution >= 4 is 23.3 Å². The number of aryl methyl sites for hydroxylation is 1. The number of benzene rings is 2. The number of nitrogens with zero attached hydrogens (tertiary/aromatic N) is 1. The SMILES string of the molecule is Cc1ccc(CNC(=O)c2ccnc(NCc3ccc(Cl)cc3)c2)cc1. The maximum Gasteiger partial charge on any atom is 0.251 e. The predicted octanol–water partition coefficient (Wildman–Crippen LogP) is 4.59. The third-order valence-corrected chi connectivity index (χ3v) is 4.23. The fourth-order valence-corrected chi connectivity index (χ4v) is 2.58. The van der Waals surface area contributed by atoms with E-state index in [1.807, 2.05) is 55.5 Å². The van der Waals surface area contributed by atoms with Gasteiger partial charge in [0, 0.05) is 29.9 Å². The third kappa shape index (κ3) is 5.07. The van der Waals surface area contributed by atoms with Crippen molar-refractivity contribution < 1.29 is 4.79 Å². The average Bonchev–Trinajstić information content (AvgIpc) is 2.67. The van der Waals surface area contributed by atoms with Gasteiger partial charge in [0.1, 0.15) is 5.82 Å². The van der Waals surface area contributed by atoms with E-state index in [1.165, 1.54) is 5.56 Å². The van der Waals surface area contributed by atoms with Crippen LogP contribution in [0.4, 0.5) is 5.82 Å². The number of aromatic nitrogens is 1. The van der Waals surface area contributed by atoms with Gasteiger partial charge < -0.3 is 10.6 Å². The molecule has 0 saturated heterocycles. The van der Waals surface area contributed by atoms with Gasteiger partial charge in [-0.3, -0.25) is 4.79 Å². The molecule has 0 aliphatic carbocycles. The Kier molecular flexibility index (Phi) is 5.87. The highest BCUT2D eigenvalue weighted by Gasteiger charge is 2.07. The largest absolute Gasteiger partial charge is 0.366 e. The lowest BCUT2D eigenvalue weighted by Gasteiger charge is -2.09. The fourth-order valence-electron chi connectivity index (χ4n) is 2.45. The van der Waals surface area contributed by atoms with Crippen LogP contribution in [0.3, 0.4) is 0 Å². The second-order valence-electron chi connectivity index (χ2n) is 6.08. The lowest BCUT2D eigenvalue weighted by atomic mass is 10.1. The Bertz CT molecular complexity index is 877. The maximum atomic E-state index is 12.4. The van der Waals surface area contributed by atoms with Gasteiger partial charge in [-0.1, -0.05) is 53.6 Å². The van der Waals surface area contributed by atoms with E-state index in [-0.39, 0.29) is 5.91 Å². The Balaban J connectivity index is 1.58. The normalized spacial score (nSPS) is 10.4. The zero-order valence-electron chi connectivity index (χ0n) is 14.5. The minimum Gasteiger partial charge on any atom is -0.366 e. The van der Waals surface area contributed by atoms with Gasteiger partial charge in [-0.15, -0.1) is 0 Å². The molecule has 2 aromatic carbocycles. The average molecular weight is 366 g/mol. The lowest BCUT2D eigenvalue weighted by molar-refractivity contribution is 0.0951. The number of rotatable bonds is 6. The highest BCUT2D eigenvalue weighted by Crippen LogP contribution is 2.12. The second kappa shape index (κ2) is 8.50. The minimum absolute atomic E-state index is 0.123. The number of carbonyl (C=O) groups is 1. The molecule has 4 nitrogen and oxygen atoms in total. The van der Waals surface area contributed by atoms with Crippen molar-refractivity contribution in [2.45, 2.75) is 20.0 Å². The van der Waals surface area contributed by atoms with Crippen molar-refractivity contribution in [3.05, 3.63) is 94.1 Å². The molecule has 5 heteroatoms. The van der Waals surface area contributed by atoms with E-state index in [4.69, 9.17) is 11.6 Å². The van der Waals surface area contributed by atoms with Crippen LogP contribution in [0.2, 0.25) is 5.02 Å². The molecule has 1 heterocycles. The Morgan fingerprint density at radius 3 is 2.35 bits per heavy atom. The summed E-state index contributed by atoms with van der Waals surface area (Å²) in [5.41, 5.74) is 3.93. The Labute approximate surface area is 158 Å². The zero-order valence-corrected chi connectivity index (χ0v) is 15.3. The summed E-state index contributed by atoms with van der Waals surface area (Å²) < 4.78 is 0. The summed E-state index contributed by atoms with van der Waals surface area (Å²) in [6.45, 7) is 3.14. The van der Waals surface area contributed by atoms with E-state index >= 15 is 0 Å². The van der Waals surface area contributed by atoms with Crippen LogP contribution in [0.25, 0.3) is 0 Å². The van der Waals surface area contributed by atoms with Crippen molar-refractivity contribution in [3.63, 3.8) is 0 Å². The van der Waals surface area contributed by atoms with Gasteiger partial charge in [0.25, 0.3) is 5.91 Å². The number of carbonyl (C=O) groups excluding carboxylic acids is 1. The molecule has 132 valence electrons. The number of halogens is 1. The first-order valence-electron chi connectivity index (χ1n) is 8.38. The Morgan fingerprint density at radius 2 is 1.62 bits per heavy atom. The summed E-state index contributed by atoms with van der Waals surface area (Å²) in [6.07, 6.45) is 1.63. The van der Waals surface area contributed by atoms with E-state index in [9.17, 15) is 4.79 Å². The first-order chi connectivity index (χ1) is 12.6. The van der Waals surface area contributed by atoms with Crippen LogP contribution in [0.5, 0.6) is 0 Å². The Morgan fingerprint density at radius 1 is 0.962 bits per heavy atom. The van der Waals surface area contributed by atoms with Gasteiger partial charge in [-0.25, -0.2) is 4.98 Å². The summed E-state index contributed by atoms with van der Waals surface area (Å²) in [5.74, 6) is 0.533. The molecule has 0 bridgehead atoms. The molecule has 0 aliphatic heterocycles. The summed E-state index contributed by atoms with van der Waals surface area (Å²) in [5, 5.41) is 6.86. The molecule has 26 heavy (non-hydrogen) atoms. The molecule has 0 fully saturated rings. The molecule has 3 rings (SSSR count). The van der Waals surface area contributed by atoms with Crippen LogP contribution >= 0.6 is 11.6 Å². The molecule has 0 aliphatic rings. The number of amides is 1. The van der Waals surface area contributed by atoms with E-state index in [0.717, 1.165) is 11.1 Å². The van der Waals surface area contributed by atoms with Crippen LogP contribution in [-0.2, 0) is 13.1 Å². The van der Waals surface area contributed by atoms with Gasteiger partial charge in [0.15, 0.2) is 0 Å². The molecule has 0 saturated carbocycles. The number of hydrogen-bond donors (Lipinski definition) is 2. The van der Waals surface area contributed by atoms with Crippen molar-refractivity contribution in [2.75, 3.05) is 5.32 Å². The number of nitrogens with one attached hydrogen (secondary N) is 2. The van der Waals surface area contributed by atoms with Crippen LogP contribution in [0, 0.1) is 6.92 Å². The molecule has 3 aromatic rings. The van der Waals surface area contributed by atoms with Gasteiger partial charge in [-0.2, -0.15) is 0 Å². The maximum absolute atomic E-state index is 12.4. The number of hydrogen-bond acceptors (Lipinski definition) is 3. The Hall–Kier alpha value is -2.85. The highest BCUT2D eigenvalue weighted by atomic mass is 35.5. The monoisotopic (exact) mass is 365 g/mol. The van der Waals surface area contributed by atoms with Crippen molar-refractivity contribution in [3.8, 4) is 0 Å². The number of pyridine rings is 1. The molecule has 1 amide bonds. The van der Waals surface area contributed by atoms with Gasteiger partial charge >= 0.3 is 0 Å². The molecule has 1 aromatic heterocycles. The molecular weight excluding hydrogens is 346 g/mol. The first kappa shape index (κ1) is 18.0. The van der Waals surface area contributed by atoms with Gasteiger partial charge in [0.2, 0.25) is 0 Å². The van der Waals surface area contributed by atoms with E-state index in [1.54, 1.807) is 18.3 Å². The third-order valence-electron chi connectivity index (χ3n) is 3.98. The summed E-state index contributed by atoms with van der Waals surface area (Å²) in [6, 6.07) is 19.2. The van der Waals surface area contributed by atoms with E-state index in [2.05, 4.69) is 15.6 Å². The van der Waals surface area contributed by atoms with Gasteiger partial charge in [0.05, 0.1) is 0 Å². The molecule has 0 radical (unpaired) electrons. The molecular formula is C21H20ClN3O. The molecule has 0 atom stereocenters. The van der Waals surface area contributed by atoms with Crippen LogP contribution in [0.1, 0.15) is 27.0 Å². The standard InChI is InChI=1S/C21H20ClN3O/c1-15-2-4-16(5-3-15)14-25-21(26)18-10-11-23-20(12-18)24-13-17-6-8-19(22)9-7-17/h2-12H,13-14H2,1H3,(H,23,24)(H,25,26). The minimum atomic E-state index is -0.123. The quantitative estimate of drug-likeness (QED) is 0.672. The number of anilines is 1. The van der Waals surface area contributed by atoms with E-state index in [0.29, 0.717) is 29.5 Å². The van der Waals surface area contributed by atoms with Crippen molar-refractivity contribution in [1.29, 1.82) is 0 Å². The van der Waals surface area contributed by atoms with Crippen LogP contribution < -0.4 is 10.6 Å². The van der Waals surface area contributed by atoms with Crippen molar-refractivity contribution in [2.24, 2.45) is 0 Å². The zero-order chi connectivity index (χ0) is 18.4. The fraction of sp³-hybridized carbons (Fsp3) is 0.143. The van der Waals surface area contributed by atoms with Crippen LogP contribution in [0.15, 0.2) is 66.9 Å².